The van der Waals surface area contributed by atoms with Crippen LogP contribution < -0.4 is 0 Å². The zero-order valence-corrected chi connectivity index (χ0v) is 7.17. The second-order valence-electron chi connectivity index (χ2n) is 3.14. The Hall–Kier alpha value is -1.74. The standard InChI is InChI=1S/C8H9NO5/c1-2-8(14)3-5(6(10)11)9(4-8)7(12)13/h1,5,14H,3-4H2,(H,10,11)(H,12,13)/t5-,8-/m1/s1. The predicted molar refractivity (Wildman–Crippen MR) is 44.6 cm³/mol. The number of hydrogen-bond acceptors (Lipinski definition) is 3. The Labute approximate surface area is 79.8 Å². The molecule has 0 unspecified atom stereocenters. The minimum atomic E-state index is -1.67. The highest BCUT2D eigenvalue weighted by atomic mass is 16.4. The average Bonchev–Trinajstić information content (AvgIpc) is 2.45. The number of nitrogens with zero attached hydrogens (tertiary/aromatic N) is 1. The molecule has 6 nitrogen and oxygen atoms in total. The van der Waals surface area contributed by atoms with Gasteiger partial charge < -0.3 is 15.3 Å². The summed E-state index contributed by atoms with van der Waals surface area (Å²) in [7, 11) is 0. The molecule has 14 heavy (non-hydrogen) atoms. The van der Waals surface area contributed by atoms with Crippen LogP contribution >= 0.6 is 0 Å². The Morgan fingerprint density at radius 2 is 2.07 bits per heavy atom. The van der Waals surface area contributed by atoms with Crippen LogP contribution in [0.1, 0.15) is 6.42 Å². The molecule has 0 aromatic carbocycles. The van der Waals surface area contributed by atoms with Crippen LogP contribution in [0.15, 0.2) is 0 Å². The van der Waals surface area contributed by atoms with Gasteiger partial charge in [0.15, 0.2) is 0 Å². The molecule has 0 aromatic rings. The van der Waals surface area contributed by atoms with E-state index in [1.54, 1.807) is 0 Å². The van der Waals surface area contributed by atoms with Crippen molar-refractivity contribution in [2.24, 2.45) is 0 Å². The number of β-amino-alcohol motifs (C(OH)–C–C–N with tert-alkyl or cyclic N) is 1. The summed E-state index contributed by atoms with van der Waals surface area (Å²) in [5.41, 5.74) is -1.67. The number of amides is 1. The van der Waals surface area contributed by atoms with Gasteiger partial charge in [0.2, 0.25) is 0 Å². The summed E-state index contributed by atoms with van der Waals surface area (Å²) in [6.45, 7) is -0.365. The first-order chi connectivity index (χ1) is 6.39. The normalized spacial score (nSPS) is 31.1. The van der Waals surface area contributed by atoms with E-state index in [0.29, 0.717) is 4.90 Å². The molecule has 1 rings (SSSR count). The molecule has 6 heteroatoms. The van der Waals surface area contributed by atoms with Crippen molar-refractivity contribution in [2.75, 3.05) is 6.54 Å². The third-order valence-corrected chi connectivity index (χ3v) is 2.14. The molecule has 1 fully saturated rings. The fourth-order valence-electron chi connectivity index (χ4n) is 1.41. The second kappa shape index (κ2) is 3.20. The molecule has 3 N–H and O–H groups in total. The van der Waals surface area contributed by atoms with E-state index in [9.17, 15) is 14.7 Å². The first kappa shape index (κ1) is 10.3. The van der Waals surface area contributed by atoms with Crippen molar-refractivity contribution in [1.82, 2.24) is 4.90 Å². The number of carboxylic acids is 1. The predicted octanol–water partition coefficient (Wildman–Crippen LogP) is -0.812. The highest BCUT2D eigenvalue weighted by Gasteiger charge is 2.47. The summed E-state index contributed by atoms with van der Waals surface area (Å²) in [6.07, 6.45) is 3.31. The third kappa shape index (κ3) is 1.63. The van der Waals surface area contributed by atoms with Crippen molar-refractivity contribution in [1.29, 1.82) is 0 Å². The summed E-state index contributed by atoms with van der Waals surface area (Å²) >= 11 is 0. The van der Waals surface area contributed by atoms with Crippen molar-refractivity contribution in [3.05, 3.63) is 0 Å². The molecule has 0 aromatic heterocycles. The van der Waals surface area contributed by atoms with Gasteiger partial charge in [-0.2, -0.15) is 0 Å². The van der Waals surface area contributed by atoms with Gasteiger partial charge >= 0.3 is 12.1 Å². The maximum atomic E-state index is 10.6. The summed E-state index contributed by atoms with van der Waals surface area (Å²) in [4.78, 5) is 21.9. The van der Waals surface area contributed by atoms with E-state index < -0.39 is 23.7 Å². The van der Waals surface area contributed by atoms with E-state index in [4.69, 9.17) is 16.6 Å². The Kier molecular flexibility index (Phi) is 2.36. The van der Waals surface area contributed by atoms with Gasteiger partial charge in [0.25, 0.3) is 0 Å². The van der Waals surface area contributed by atoms with Gasteiger partial charge in [-0.25, -0.2) is 9.59 Å². The largest absolute Gasteiger partial charge is 0.480 e. The van der Waals surface area contributed by atoms with E-state index in [1.807, 2.05) is 5.92 Å². The van der Waals surface area contributed by atoms with Crippen molar-refractivity contribution in [3.8, 4) is 12.3 Å². The van der Waals surface area contributed by atoms with Crippen LogP contribution in [0.5, 0.6) is 0 Å². The van der Waals surface area contributed by atoms with E-state index in [-0.39, 0.29) is 13.0 Å². The highest BCUT2D eigenvalue weighted by Crippen LogP contribution is 2.26. The Bertz CT molecular complexity index is 296. The molecule has 1 amide bonds. The first-order valence-corrected chi connectivity index (χ1v) is 3.82. The van der Waals surface area contributed by atoms with Gasteiger partial charge in [0.05, 0.1) is 6.54 Å². The first-order valence-electron chi connectivity index (χ1n) is 3.82. The molecule has 0 aliphatic carbocycles. The minimum absolute atomic E-state index is 0.273. The third-order valence-electron chi connectivity index (χ3n) is 2.14. The number of aliphatic carboxylic acids is 1. The van der Waals surface area contributed by atoms with Crippen LogP contribution in [-0.4, -0.2) is 50.5 Å². The van der Waals surface area contributed by atoms with Gasteiger partial charge in [-0.1, -0.05) is 5.92 Å². The topological polar surface area (TPSA) is 98.1 Å². The van der Waals surface area contributed by atoms with Gasteiger partial charge in [-0.15, -0.1) is 6.42 Å². The lowest BCUT2D eigenvalue weighted by atomic mass is 10.0. The summed E-state index contributed by atoms with van der Waals surface area (Å²) in [5, 5.41) is 26.9. The number of aliphatic hydroxyl groups is 1. The molecule has 1 heterocycles. The zero-order valence-electron chi connectivity index (χ0n) is 7.17. The summed E-state index contributed by atoms with van der Waals surface area (Å²) in [6, 6.07) is -1.27. The van der Waals surface area contributed by atoms with Crippen LogP contribution in [0.2, 0.25) is 0 Å². The average molecular weight is 199 g/mol. The van der Waals surface area contributed by atoms with Crippen LogP contribution in [0, 0.1) is 12.3 Å². The van der Waals surface area contributed by atoms with Crippen LogP contribution in [-0.2, 0) is 4.79 Å². The van der Waals surface area contributed by atoms with Crippen LogP contribution in [0.25, 0.3) is 0 Å². The Balaban J connectivity index is 2.92. The summed E-state index contributed by atoms with van der Waals surface area (Å²) < 4.78 is 0. The number of rotatable bonds is 1. The fourth-order valence-corrected chi connectivity index (χ4v) is 1.41. The maximum absolute atomic E-state index is 10.6. The molecule has 1 saturated heterocycles. The molecule has 1 aliphatic heterocycles. The van der Waals surface area contributed by atoms with Crippen molar-refractivity contribution in [3.63, 3.8) is 0 Å². The van der Waals surface area contributed by atoms with Crippen LogP contribution in [0.4, 0.5) is 4.79 Å². The SMILES string of the molecule is C#C[C@@]1(O)C[C@H](C(=O)O)N(C(=O)O)C1. The highest BCUT2D eigenvalue weighted by molar-refractivity contribution is 5.80. The number of hydrogen-bond donors (Lipinski definition) is 3. The minimum Gasteiger partial charge on any atom is -0.480 e. The van der Waals surface area contributed by atoms with Crippen molar-refractivity contribution < 1.29 is 24.9 Å². The van der Waals surface area contributed by atoms with E-state index >= 15 is 0 Å². The molecular formula is C8H9NO5. The van der Waals surface area contributed by atoms with Crippen molar-refractivity contribution in [2.45, 2.75) is 18.1 Å². The maximum Gasteiger partial charge on any atom is 0.408 e. The monoisotopic (exact) mass is 199 g/mol. The van der Waals surface area contributed by atoms with Gasteiger partial charge in [-0.05, 0) is 0 Å². The van der Waals surface area contributed by atoms with E-state index in [0.717, 1.165) is 0 Å². The zero-order chi connectivity index (χ0) is 10.9. The number of carboxylic acid groups (broad SMARTS) is 2. The molecule has 1 aliphatic rings. The smallest absolute Gasteiger partial charge is 0.408 e. The van der Waals surface area contributed by atoms with E-state index in [2.05, 4.69) is 0 Å². The van der Waals surface area contributed by atoms with Gasteiger partial charge in [-0.3, -0.25) is 4.90 Å². The Morgan fingerprint density at radius 3 is 2.36 bits per heavy atom. The molecule has 2 atom stereocenters. The second-order valence-corrected chi connectivity index (χ2v) is 3.14. The lowest BCUT2D eigenvalue weighted by molar-refractivity contribution is -0.141. The number of carbonyl (C=O) groups is 2. The molecule has 76 valence electrons. The van der Waals surface area contributed by atoms with Crippen molar-refractivity contribution >= 4 is 12.1 Å². The lowest BCUT2D eigenvalue weighted by Crippen LogP contribution is -2.40. The molecule has 0 spiro atoms. The molecule has 0 radical (unpaired) electrons. The van der Waals surface area contributed by atoms with Crippen LogP contribution in [0.3, 0.4) is 0 Å². The van der Waals surface area contributed by atoms with E-state index in [1.165, 1.54) is 0 Å². The number of likely N-dealkylation sites (tertiary alicyclic amines) is 1. The van der Waals surface area contributed by atoms with Gasteiger partial charge in [0, 0.05) is 6.42 Å². The fraction of sp³-hybridized carbons (Fsp3) is 0.500. The lowest BCUT2D eigenvalue weighted by Gasteiger charge is -2.16. The molecule has 0 saturated carbocycles. The molecular weight excluding hydrogens is 190 g/mol. The summed E-state index contributed by atoms with van der Waals surface area (Å²) in [5.74, 6) is 0.690. The number of terminal acetylenes is 1. The Morgan fingerprint density at radius 1 is 1.50 bits per heavy atom. The van der Waals surface area contributed by atoms with Gasteiger partial charge in [0.1, 0.15) is 11.6 Å². The molecule has 0 bridgehead atoms. The quantitative estimate of drug-likeness (QED) is 0.479.